The van der Waals surface area contributed by atoms with Crippen LogP contribution in [0.2, 0.25) is 0 Å². The third kappa shape index (κ3) is 4.66. The number of para-hydroxylation sites is 2. The van der Waals surface area contributed by atoms with E-state index in [1.807, 2.05) is 72.2 Å². The van der Waals surface area contributed by atoms with Gasteiger partial charge in [-0.25, -0.2) is 0 Å². The molecule has 0 saturated carbocycles. The van der Waals surface area contributed by atoms with Crippen LogP contribution in [0.4, 0.5) is 17.2 Å². The first-order chi connectivity index (χ1) is 16.9. The molecule has 2 aliphatic rings. The fourth-order valence-electron chi connectivity index (χ4n) is 4.95. The highest BCUT2D eigenvalue weighted by molar-refractivity contribution is 5.83. The molecule has 0 aliphatic carbocycles. The van der Waals surface area contributed by atoms with Crippen LogP contribution in [-0.2, 0) is 29.6 Å². The third-order valence-corrected chi connectivity index (χ3v) is 7.06. The van der Waals surface area contributed by atoms with Crippen molar-refractivity contribution in [3.8, 4) is 0 Å². The molecule has 1 atom stereocenters. The summed E-state index contributed by atoms with van der Waals surface area (Å²) in [7, 11) is 1.90. The van der Waals surface area contributed by atoms with Gasteiger partial charge in [0.1, 0.15) is 11.6 Å². The second-order valence-corrected chi connectivity index (χ2v) is 9.39. The number of rotatable bonds is 5. The number of carbonyl (C=O) groups excluding carboxylic acids is 2. The van der Waals surface area contributed by atoms with Crippen LogP contribution in [0.25, 0.3) is 0 Å². The van der Waals surface area contributed by atoms with Gasteiger partial charge in [0.2, 0.25) is 5.91 Å². The molecule has 0 radical (unpaired) electrons. The Labute approximate surface area is 205 Å². The first-order valence-electron chi connectivity index (χ1n) is 12.1. The topological polar surface area (TPSA) is 90.7 Å². The Morgan fingerprint density at radius 3 is 2.71 bits per heavy atom. The summed E-state index contributed by atoms with van der Waals surface area (Å²) >= 11 is 0. The molecule has 1 saturated heterocycles. The SMILES string of the molecule is Cc1cc(C(O)N2Cc3cnn(C)c3Nc3ccccc32)ccc1CCC(=O)N1CCC(=O)CC1. The van der Waals surface area contributed by atoms with Gasteiger partial charge < -0.3 is 20.2 Å². The number of benzene rings is 2. The smallest absolute Gasteiger partial charge is 0.222 e. The summed E-state index contributed by atoms with van der Waals surface area (Å²) in [5.74, 6) is 1.25. The fraction of sp³-hybridized carbons (Fsp3) is 0.370. The minimum absolute atomic E-state index is 0.0990. The Hall–Kier alpha value is -3.65. The van der Waals surface area contributed by atoms with Crippen LogP contribution >= 0.6 is 0 Å². The van der Waals surface area contributed by atoms with E-state index < -0.39 is 6.23 Å². The number of Topliss-reactive ketones (excluding diaryl/α,β-unsaturated/α-hetero) is 1. The predicted octanol–water partition coefficient (Wildman–Crippen LogP) is 3.61. The van der Waals surface area contributed by atoms with Crippen LogP contribution in [-0.4, -0.2) is 44.6 Å². The van der Waals surface area contributed by atoms with Crippen LogP contribution < -0.4 is 10.2 Å². The summed E-state index contributed by atoms with van der Waals surface area (Å²) < 4.78 is 1.81. The Morgan fingerprint density at radius 2 is 1.94 bits per heavy atom. The largest absolute Gasteiger partial charge is 0.369 e. The van der Waals surface area contributed by atoms with Crippen molar-refractivity contribution >= 4 is 28.9 Å². The maximum Gasteiger partial charge on any atom is 0.222 e. The Kier molecular flexibility index (Phi) is 6.30. The van der Waals surface area contributed by atoms with Crippen LogP contribution in [0.1, 0.15) is 47.7 Å². The zero-order chi connectivity index (χ0) is 24.5. The maximum absolute atomic E-state index is 12.6. The number of carbonyl (C=O) groups is 2. The summed E-state index contributed by atoms with van der Waals surface area (Å²) in [5.41, 5.74) is 5.79. The first-order valence-corrected chi connectivity index (χ1v) is 12.1. The highest BCUT2D eigenvalue weighted by Crippen LogP contribution is 2.39. The molecule has 8 heteroatoms. The van der Waals surface area contributed by atoms with Gasteiger partial charge in [0.05, 0.1) is 24.1 Å². The Morgan fingerprint density at radius 1 is 1.17 bits per heavy atom. The van der Waals surface area contributed by atoms with Gasteiger partial charge in [0.15, 0.2) is 6.23 Å². The molecular formula is C27H31N5O3. The van der Waals surface area contributed by atoms with E-state index in [4.69, 9.17) is 0 Å². The van der Waals surface area contributed by atoms with Crippen molar-refractivity contribution in [1.82, 2.24) is 14.7 Å². The molecule has 0 bridgehead atoms. The highest BCUT2D eigenvalue weighted by Gasteiger charge is 2.27. The number of ketones is 1. The third-order valence-electron chi connectivity index (χ3n) is 7.06. The van der Waals surface area contributed by atoms with E-state index in [-0.39, 0.29) is 11.7 Å². The van der Waals surface area contributed by atoms with Gasteiger partial charge in [-0.1, -0.05) is 30.3 Å². The van der Waals surface area contributed by atoms with Gasteiger partial charge >= 0.3 is 0 Å². The number of hydrogen-bond acceptors (Lipinski definition) is 6. The van der Waals surface area contributed by atoms with E-state index in [2.05, 4.69) is 10.4 Å². The molecule has 3 aromatic rings. The van der Waals surface area contributed by atoms with Crippen molar-refractivity contribution in [2.45, 2.75) is 45.4 Å². The van der Waals surface area contributed by atoms with E-state index in [1.165, 1.54) is 0 Å². The number of likely N-dealkylation sites (tertiary alicyclic amines) is 1. The molecule has 182 valence electrons. The van der Waals surface area contributed by atoms with Crippen molar-refractivity contribution in [3.63, 3.8) is 0 Å². The number of aromatic nitrogens is 2. The second kappa shape index (κ2) is 9.54. The summed E-state index contributed by atoms with van der Waals surface area (Å²) in [6, 6.07) is 13.9. The van der Waals surface area contributed by atoms with E-state index >= 15 is 0 Å². The average molecular weight is 474 g/mol. The first kappa shape index (κ1) is 23.1. The Balaban J connectivity index is 1.32. The monoisotopic (exact) mass is 473 g/mol. The van der Waals surface area contributed by atoms with E-state index in [9.17, 15) is 14.7 Å². The van der Waals surface area contributed by atoms with E-state index in [0.29, 0.717) is 45.3 Å². The minimum atomic E-state index is -0.843. The summed E-state index contributed by atoms with van der Waals surface area (Å²) in [5, 5.41) is 19.3. The molecule has 2 N–H and O–H groups in total. The van der Waals surface area contributed by atoms with Gasteiger partial charge in [-0.15, -0.1) is 0 Å². The lowest BCUT2D eigenvalue weighted by molar-refractivity contribution is -0.134. The number of nitrogens with zero attached hydrogens (tertiary/aromatic N) is 4. The van der Waals surface area contributed by atoms with Gasteiger partial charge in [-0.2, -0.15) is 5.10 Å². The van der Waals surface area contributed by atoms with E-state index in [0.717, 1.165) is 39.4 Å². The molecule has 35 heavy (non-hydrogen) atoms. The zero-order valence-corrected chi connectivity index (χ0v) is 20.2. The molecule has 5 rings (SSSR count). The summed E-state index contributed by atoms with van der Waals surface area (Å²) in [6.45, 7) is 3.61. The van der Waals surface area contributed by atoms with Crippen LogP contribution in [0.5, 0.6) is 0 Å². The number of amides is 1. The molecule has 2 aromatic carbocycles. The molecule has 1 aromatic heterocycles. The molecule has 1 fully saturated rings. The standard InChI is InChI=1S/C27H31N5O3/c1-18-15-20(8-7-19(18)9-10-25(34)31-13-11-22(33)12-14-31)27(35)32-17-21-16-28-30(2)26(21)29-23-5-3-4-6-24(23)32/h3-8,15-16,27,29,35H,9-14,17H2,1-2H3. The Bertz CT molecular complexity index is 1260. The number of anilines is 3. The number of nitrogens with one attached hydrogen (secondary N) is 1. The molecular weight excluding hydrogens is 442 g/mol. The lowest BCUT2D eigenvalue weighted by Gasteiger charge is -2.30. The van der Waals surface area contributed by atoms with Gasteiger partial charge in [0, 0.05) is 50.5 Å². The lowest BCUT2D eigenvalue weighted by atomic mass is 9.99. The predicted molar refractivity (Wildman–Crippen MR) is 134 cm³/mol. The molecule has 1 unspecified atom stereocenters. The van der Waals surface area contributed by atoms with E-state index in [1.54, 1.807) is 4.90 Å². The molecule has 0 spiro atoms. The van der Waals surface area contributed by atoms with Gasteiger partial charge in [-0.05, 0) is 36.6 Å². The molecule has 2 aliphatic heterocycles. The van der Waals surface area contributed by atoms with Crippen molar-refractivity contribution in [1.29, 1.82) is 0 Å². The normalized spacial score (nSPS) is 16.3. The van der Waals surface area contributed by atoms with Crippen molar-refractivity contribution in [2.75, 3.05) is 23.3 Å². The van der Waals surface area contributed by atoms with Crippen LogP contribution in [0.3, 0.4) is 0 Å². The fourth-order valence-corrected chi connectivity index (χ4v) is 4.95. The molecule has 1 amide bonds. The van der Waals surface area contributed by atoms with Crippen molar-refractivity contribution in [2.24, 2.45) is 7.05 Å². The summed E-state index contributed by atoms with van der Waals surface area (Å²) in [4.78, 5) is 27.8. The van der Waals surface area contributed by atoms with Crippen molar-refractivity contribution < 1.29 is 14.7 Å². The summed E-state index contributed by atoms with van der Waals surface area (Å²) in [6.07, 6.45) is 2.98. The number of piperidine rings is 1. The quantitative estimate of drug-likeness (QED) is 0.588. The second-order valence-electron chi connectivity index (χ2n) is 9.39. The molecule has 3 heterocycles. The zero-order valence-electron chi connectivity index (χ0n) is 20.2. The number of aliphatic hydroxyl groups excluding tert-OH is 1. The van der Waals surface area contributed by atoms with Crippen LogP contribution in [0.15, 0.2) is 48.7 Å². The molecule has 8 nitrogen and oxygen atoms in total. The number of aryl methyl sites for hydroxylation is 3. The highest BCUT2D eigenvalue weighted by atomic mass is 16.3. The minimum Gasteiger partial charge on any atom is -0.369 e. The number of fused-ring (bicyclic) bond motifs is 2. The van der Waals surface area contributed by atoms with Gasteiger partial charge in [-0.3, -0.25) is 14.3 Å². The lowest BCUT2D eigenvalue weighted by Crippen LogP contribution is -2.38. The number of hydrogen-bond donors (Lipinski definition) is 2. The average Bonchev–Trinajstić information content (AvgIpc) is 3.11. The van der Waals surface area contributed by atoms with Crippen LogP contribution in [0, 0.1) is 6.92 Å². The van der Waals surface area contributed by atoms with Crippen molar-refractivity contribution in [3.05, 3.63) is 70.9 Å². The maximum atomic E-state index is 12.6. The van der Waals surface area contributed by atoms with Gasteiger partial charge in [0.25, 0.3) is 0 Å². The number of aliphatic hydroxyl groups is 1.